The summed E-state index contributed by atoms with van der Waals surface area (Å²) >= 11 is 0. The van der Waals surface area contributed by atoms with Crippen molar-refractivity contribution in [3.05, 3.63) is 53.9 Å². The van der Waals surface area contributed by atoms with Crippen molar-refractivity contribution < 1.29 is 9.47 Å². The molecular weight excluding hydrogens is 240 g/mol. The third kappa shape index (κ3) is 2.53. The minimum Gasteiger partial charge on any atom is -0.454 e. The quantitative estimate of drug-likeness (QED) is 0.911. The second kappa shape index (κ2) is 5.28. The molecule has 0 saturated heterocycles. The summed E-state index contributed by atoms with van der Waals surface area (Å²) in [6, 6.07) is 12.2. The maximum Gasteiger partial charge on any atom is 0.231 e. The number of ether oxygens (including phenoxy) is 2. The van der Waals surface area contributed by atoms with Gasteiger partial charge < -0.3 is 14.8 Å². The van der Waals surface area contributed by atoms with E-state index in [2.05, 4.69) is 16.4 Å². The van der Waals surface area contributed by atoms with Crippen LogP contribution in [0.4, 0.5) is 0 Å². The van der Waals surface area contributed by atoms with E-state index in [0.29, 0.717) is 6.79 Å². The van der Waals surface area contributed by atoms with Crippen molar-refractivity contribution in [1.82, 2.24) is 10.3 Å². The van der Waals surface area contributed by atoms with Crippen molar-refractivity contribution in [3.8, 4) is 11.5 Å². The van der Waals surface area contributed by atoms with Crippen molar-refractivity contribution in [2.24, 2.45) is 0 Å². The van der Waals surface area contributed by atoms with Crippen LogP contribution in [0.15, 0.2) is 42.6 Å². The van der Waals surface area contributed by atoms with Crippen LogP contribution in [0.3, 0.4) is 0 Å². The van der Waals surface area contributed by atoms with E-state index in [-0.39, 0.29) is 6.04 Å². The minimum absolute atomic E-state index is 0.212. The first-order valence-corrected chi connectivity index (χ1v) is 6.33. The molecule has 0 bridgehead atoms. The Balaban J connectivity index is 1.82. The highest BCUT2D eigenvalue weighted by molar-refractivity contribution is 5.45. The van der Waals surface area contributed by atoms with Gasteiger partial charge in [0.15, 0.2) is 11.5 Å². The number of pyridine rings is 1. The smallest absolute Gasteiger partial charge is 0.231 e. The summed E-state index contributed by atoms with van der Waals surface area (Å²) in [6.45, 7) is 0.309. The molecule has 0 saturated carbocycles. The Labute approximate surface area is 112 Å². The highest BCUT2D eigenvalue weighted by atomic mass is 16.7. The van der Waals surface area contributed by atoms with E-state index in [1.54, 1.807) is 0 Å². The SMILES string of the molecule is CNC(Cc1ccccn1)c1ccc2c(c1)OCO2. The number of nitrogens with one attached hydrogen (secondary N) is 1. The summed E-state index contributed by atoms with van der Waals surface area (Å²) in [7, 11) is 1.96. The number of rotatable bonds is 4. The van der Waals surface area contributed by atoms with Crippen LogP contribution in [0.2, 0.25) is 0 Å². The molecule has 1 aromatic carbocycles. The molecule has 2 heterocycles. The summed E-state index contributed by atoms with van der Waals surface area (Å²) in [4.78, 5) is 4.37. The summed E-state index contributed by atoms with van der Waals surface area (Å²) in [6.07, 6.45) is 2.67. The molecule has 1 aromatic heterocycles. The van der Waals surface area contributed by atoms with Crippen LogP contribution in [0.25, 0.3) is 0 Å². The van der Waals surface area contributed by atoms with E-state index in [4.69, 9.17) is 9.47 Å². The summed E-state index contributed by atoms with van der Waals surface area (Å²) < 4.78 is 10.7. The minimum atomic E-state index is 0.212. The van der Waals surface area contributed by atoms with Gasteiger partial charge in [-0.1, -0.05) is 12.1 Å². The van der Waals surface area contributed by atoms with Gasteiger partial charge >= 0.3 is 0 Å². The number of hydrogen-bond acceptors (Lipinski definition) is 4. The molecule has 1 aliphatic rings. The lowest BCUT2D eigenvalue weighted by molar-refractivity contribution is 0.174. The Morgan fingerprint density at radius 2 is 2.11 bits per heavy atom. The molecule has 0 fully saturated rings. The average molecular weight is 256 g/mol. The fourth-order valence-electron chi connectivity index (χ4n) is 2.24. The van der Waals surface area contributed by atoms with E-state index in [9.17, 15) is 0 Å². The van der Waals surface area contributed by atoms with Gasteiger partial charge in [-0.25, -0.2) is 0 Å². The first-order chi connectivity index (χ1) is 9.36. The number of nitrogens with zero attached hydrogens (tertiary/aromatic N) is 1. The van der Waals surface area contributed by atoms with Crippen molar-refractivity contribution in [2.45, 2.75) is 12.5 Å². The second-order valence-corrected chi connectivity index (χ2v) is 4.48. The van der Waals surface area contributed by atoms with Crippen LogP contribution in [0.5, 0.6) is 11.5 Å². The van der Waals surface area contributed by atoms with Crippen LogP contribution >= 0.6 is 0 Å². The molecule has 98 valence electrons. The Hall–Kier alpha value is -2.07. The number of fused-ring (bicyclic) bond motifs is 1. The standard InChI is InChI=1S/C15H16N2O2/c1-16-13(9-12-4-2-3-7-17-12)11-5-6-14-15(8-11)19-10-18-14/h2-8,13,16H,9-10H2,1H3. The number of hydrogen-bond donors (Lipinski definition) is 1. The normalized spacial score (nSPS) is 14.4. The molecule has 1 N–H and O–H groups in total. The van der Waals surface area contributed by atoms with Crippen molar-refractivity contribution in [1.29, 1.82) is 0 Å². The van der Waals surface area contributed by atoms with E-state index in [1.165, 1.54) is 5.56 Å². The van der Waals surface area contributed by atoms with Gasteiger partial charge in [0.25, 0.3) is 0 Å². The van der Waals surface area contributed by atoms with E-state index < -0.39 is 0 Å². The topological polar surface area (TPSA) is 43.4 Å². The fourth-order valence-corrected chi connectivity index (χ4v) is 2.24. The monoisotopic (exact) mass is 256 g/mol. The van der Waals surface area contributed by atoms with Gasteiger partial charge in [-0.2, -0.15) is 0 Å². The zero-order valence-electron chi connectivity index (χ0n) is 10.8. The summed E-state index contributed by atoms with van der Waals surface area (Å²) in [5.41, 5.74) is 2.25. The number of likely N-dealkylation sites (N-methyl/N-ethyl adjacent to an activating group) is 1. The fraction of sp³-hybridized carbons (Fsp3) is 0.267. The second-order valence-electron chi connectivity index (χ2n) is 4.48. The van der Waals surface area contributed by atoms with Gasteiger partial charge in [-0.05, 0) is 36.9 Å². The van der Waals surface area contributed by atoms with E-state index >= 15 is 0 Å². The molecule has 3 rings (SSSR count). The van der Waals surface area contributed by atoms with Gasteiger partial charge in [0.1, 0.15) is 0 Å². The van der Waals surface area contributed by atoms with Gasteiger partial charge in [-0.3, -0.25) is 4.98 Å². The zero-order chi connectivity index (χ0) is 13.1. The molecule has 4 nitrogen and oxygen atoms in total. The van der Waals surface area contributed by atoms with Crippen LogP contribution < -0.4 is 14.8 Å². The molecule has 0 spiro atoms. The Morgan fingerprint density at radius 3 is 2.89 bits per heavy atom. The van der Waals surface area contributed by atoms with Gasteiger partial charge in [0.2, 0.25) is 6.79 Å². The zero-order valence-corrected chi connectivity index (χ0v) is 10.8. The van der Waals surface area contributed by atoms with Crippen LogP contribution in [0.1, 0.15) is 17.3 Å². The molecule has 4 heteroatoms. The Kier molecular flexibility index (Phi) is 3.33. The van der Waals surface area contributed by atoms with Crippen LogP contribution in [-0.2, 0) is 6.42 Å². The lowest BCUT2D eigenvalue weighted by Crippen LogP contribution is -2.19. The number of aromatic nitrogens is 1. The summed E-state index contributed by atoms with van der Waals surface area (Å²) in [5.74, 6) is 1.63. The molecule has 1 atom stereocenters. The van der Waals surface area contributed by atoms with Gasteiger partial charge in [0, 0.05) is 24.4 Å². The predicted molar refractivity (Wildman–Crippen MR) is 72.3 cm³/mol. The highest BCUT2D eigenvalue weighted by Gasteiger charge is 2.17. The van der Waals surface area contributed by atoms with Crippen molar-refractivity contribution >= 4 is 0 Å². The largest absolute Gasteiger partial charge is 0.454 e. The molecule has 0 radical (unpaired) electrons. The summed E-state index contributed by atoms with van der Waals surface area (Å²) in [5, 5.41) is 3.32. The van der Waals surface area contributed by atoms with E-state index in [0.717, 1.165) is 23.6 Å². The molecular formula is C15H16N2O2. The van der Waals surface area contributed by atoms with Gasteiger partial charge in [-0.15, -0.1) is 0 Å². The van der Waals surface area contributed by atoms with Crippen LogP contribution in [0, 0.1) is 0 Å². The average Bonchev–Trinajstić information content (AvgIpc) is 2.93. The first kappa shape index (κ1) is 12.0. The maximum absolute atomic E-state index is 5.42. The number of benzene rings is 1. The maximum atomic E-state index is 5.42. The molecule has 2 aromatic rings. The lowest BCUT2D eigenvalue weighted by atomic mass is 10.0. The third-order valence-electron chi connectivity index (χ3n) is 3.29. The molecule has 0 amide bonds. The van der Waals surface area contributed by atoms with Crippen LogP contribution in [-0.4, -0.2) is 18.8 Å². The van der Waals surface area contributed by atoms with Gasteiger partial charge in [0.05, 0.1) is 0 Å². The van der Waals surface area contributed by atoms with Crippen molar-refractivity contribution in [3.63, 3.8) is 0 Å². The molecule has 1 aliphatic heterocycles. The highest BCUT2D eigenvalue weighted by Crippen LogP contribution is 2.34. The third-order valence-corrected chi connectivity index (χ3v) is 3.29. The first-order valence-electron chi connectivity index (χ1n) is 6.33. The van der Waals surface area contributed by atoms with E-state index in [1.807, 2.05) is 43.6 Å². The van der Waals surface area contributed by atoms with Crippen molar-refractivity contribution in [2.75, 3.05) is 13.8 Å². The lowest BCUT2D eigenvalue weighted by Gasteiger charge is -2.16. The molecule has 0 aliphatic carbocycles. The molecule has 19 heavy (non-hydrogen) atoms. The molecule has 1 unspecified atom stereocenters. The predicted octanol–water partition coefficient (Wildman–Crippen LogP) is 2.31. The Morgan fingerprint density at radius 1 is 1.21 bits per heavy atom. The Bertz CT molecular complexity index is 557.